The number of para-hydroxylation sites is 1. The third-order valence-corrected chi connectivity index (χ3v) is 8.21. The zero-order valence-electron chi connectivity index (χ0n) is 23.1. The summed E-state index contributed by atoms with van der Waals surface area (Å²) in [6.45, 7) is -0.843. The highest BCUT2D eigenvalue weighted by Gasteiger charge is 2.42. The number of benzene rings is 2. The molecule has 43 heavy (non-hydrogen) atoms. The molecule has 0 spiro atoms. The first kappa shape index (κ1) is 30.1. The van der Waals surface area contributed by atoms with E-state index in [0.29, 0.717) is 11.8 Å². The van der Waals surface area contributed by atoms with Crippen LogP contribution in [0.2, 0.25) is 0 Å². The van der Waals surface area contributed by atoms with Gasteiger partial charge in [-0.2, -0.15) is 4.39 Å². The van der Waals surface area contributed by atoms with Crippen molar-refractivity contribution in [3.8, 4) is 5.75 Å². The number of nitrogens with one attached hydrogen (secondary N) is 4. The van der Waals surface area contributed by atoms with Crippen LogP contribution in [0.15, 0.2) is 36.4 Å². The van der Waals surface area contributed by atoms with Gasteiger partial charge in [0.15, 0.2) is 17.3 Å². The topological polar surface area (TPSA) is 143 Å². The minimum Gasteiger partial charge on any atom is -0.482 e. The molecule has 228 valence electrons. The van der Waals surface area contributed by atoms with E-state index in [-0.39, 0.29) is 25.2 Å². The predicted molar refractivity (Wildman–Crippen MR) is 146 cm³/mol. The Morgan fingerprint density at radius 3 is 2.42 bits per heavy atom. The van der Waals surface area contributed by atoms with Crippen LogP contribution in [-0.2, 0) is 24.0 Å². The van der Waals surface area contributed by atoms with E-state index in [1.165, 1.54) is 0 Å². The fourth-order valence-corrected chi connectivity index (χ4v) is 6.00. The van der Waals surface area contributed by atoms with Gasteiger partial charge in [0.1, 0.15) is 18.5 Å². The molecule has 4 N–H and O–H groups in total. The molecule has 0 aromatic heterocycles. The van der Waals surface area contributed by atoms with Crippen LogP contribution in [0.25, 0.3) is 0 Å². The second kappa shape index (κ2) is 12.8. The van der Waals surface area contributed by atoms with Crippen LogP contribution in [0, 0.1) is 29.3 Å². The maximum absolute atomic E-state index is 14.7. The average Bonchev–Trinajstić information content (AvgIpc) is 3.62. The van der Waals surface area contributed by atoms with Gasteiger partial charge in [0.05, 0.1) is 17.6 Å². The molecular weight excluding hydrogens is 569 g/mol. The standard InChI is InChI=1S/C30H31F3N4O6/c31-18-13-19(32)25(33)26-24(18)21-12-16(27(39)36-21)11-20(23(38)14-43-26)35-28(40)22(10-15-6-4-5-7-15)37-30(42)29(41)34-17-8-2-1-3-9-17/h1-3,8-9,13,15-16,20-22H,4-7,10-12,14H2,(H,34,41)(H,35,40)(H,36,39)(H,37,42)/t16-,20+,21?,22+/m1/s1. The number of amides is 4. The molecule has 2 bridgehead atoms. The highest BCUT2D eigenvalue weighted by molar-refractivity contribution is 6.40. The molecule has 5 rings (SSSR count). The largest absolute Gasteiger partial charge is 0.482 e. The first-order chi connectivity index (χ1) is 20.6. The molecule has 1 aliphatic carbocycles. The molecule has 1 saturated heterocycles. The number of hydrogen-bond acceptors (Lipinski definition) is 6. The highest BCUT2D eigenvalue weighted by Crippen LogP contribution is 2.40. The minimum absolute atomic E-state index is 0.0568. The number of ketones is 1. The number of ether oxygens (including phenoxy) is 1. The molecule has 1 saturated carbocycles. The van der Waals surface area contributed by atoms with E-state index < -0.39 is 88.8 Å². The summed E-state index contributed by atoms with van der Waals surface area (Å²) in [6, 6.07) is 5.13. The normalized spacial score (nSPS) is 22.5. The molecule has 13 heteroatoms. The van der Waals surface area contributed by atoms with Gasteiger partial charge in [-0.05, 0) is 37.3 Å². The van der Waals surface area contributed by atoms with E-state index in [0.717, 1.165) is 25.7 Å². The molecule has 4 atom stereocenters. The maximum Gasteiger partial charge on any atom is 0.313 e. The Hall–Kier alpha value is -4.42. The van der Waals surface area contributed by atoms with Crippen molar-refractivity contribution in [1.82, 2.24) is 16.0 Å². The van der Waals surface area contributed by atoms with Crippen LogP contribution >= 0.6 is 0 Å². The van der Waals surface area contributed by atoms with Crippen LogP contribution in [-0.4, -0.2) is 48.1 Å². The van der Waals surface area contributed by atoms with E-state index in [1.807, 2.05) is 0 Å². The third-order valence-electron chi connectivity index (χ3n) is 8.21. The van der Waals surface area contributed by atoms with Crippen molar-refractivity contribution in [1.29, 1.82) is 0 Å². The SMILES string of the molecule is O=C(Nc1ccccc1)C(=O)N[C@@H](CC1CCCC1)C(=O)N[C@H]1C[C@@H]2CC(NC2=O)c2c(F)cc(F)c(F)c2OCC1=O. The van der Waals surface area contributed by atoms with Crippen molar-refractivity contribution < 1.29 is 41.9 Å². The zero-order chi connectivity index (χ0) is 30.7. The smallest absolute Gasteiger partial charge is 0.313 e. The lowest BCUT2D eigenvalue weighted by atomic mass is 9.90. The van der Waals surface area contributed by atoms with Gasteiger partial charge in [-0.15, -0.1) is 0 Å². The van der Waals surface area contributed by atoms with Crippen LogP contribution in [0.5, 0.6) is 5.75 Å². The van der Waals surface area contributed by atoms with E-state index in [4.69, 9.17) is 4.74 Å². The Bertz CT molecular complexity index is 1430. The van der Waals surface area contributed by atoms with Gasteiger partial charge in [-0.25, -0.2) is 8.78 Å². The molecule has 0 radical (unpaired) electrons. The van der Waals surface area contributed by atoms with Gasteiger partial charge < -0.3 is 26.0 Å². The van der Waals surface area contributed by atoms with Crippen molar-refractivity contribution in [2.75, 3.05) is 11.9 Å². The van der Waals surface area contributed by atoms with Crippen LogP contribution in [0.3, 0.4) is 0 Å². The van der Waals surface area contributed by atoms with Crippen molar-refractivity contribution in [2.45, 2.75) is 63.1 Å². The Morgan fingerprint density at radius 2 is 1.70 bits per heavy atom. The number of anilines is 1. The Labute approximate surface area is 245 Å². The minimum atomic E-state index is -1.52. The molecule has 2 aromatic rings. The van der Waals surface area contributed by atoms with Gasteiger partial charge in [-0.1, -0.05) is 43.9 Å². The predicted octanol–water partition coefficient (Wildman–Crippen LogP) is 2.82. The van der Waals surface area contributed by atoms with Gasteiger partial charge in [-0.3, -0.25) is 24.0 Å². The lowest BCUT2D eigenvalue weighted by Crippen LogP contribution is -2.54. The zero-order valence-corrected chi connectivity index (χ0v) is 23.1. The molecule has 2 aromatic carbocycles. The van der Waals surface area contributed by atoms with Gasteiger partial charge >= 0.3 is 11.8 Å². The monoisotopic (exact) mass is 600 g/mol. The first-order valence-electron chi connectivity index (χ1n) is 14.2. The summed E-state index contributed by atoms with van der Waals surface area (Å²) in [7, 11) is 0. The quantitative estimate of drug-likeness (QED) is 0.297. The number of Topliss-reactive ketones (excluding diaryl/α,β-unsaturated/α-hetero) is 1. The summed E-state index contributed by atoms with van der Waals surface area (Å²) in [6.07, 6.45) is 3.56. The molecule has 2 heterocycles. The Balaban J connectivity index is 1.34. The summed E-state index contributed by atoms with van der Waals surface area (Å²) >= 11 is 0. The summed E-state index contributed by atoms with van der Waals surface area (Å²) in [5.41, 5.74) is -0.00406. The van der Waals surface area contributed by atoms with Crippen LogP contribution in [0.4, 0.5) is 18.9 Å². The summed E-state index contributed by atoms with van der Waals surface area (Å²) < 4.78 is 48.6. The third kappa shape index (κ3) is 6.81. The van der Waals surface area contributed by atoms with Gasteiger partial charge in [0.2, 0.25) is 17.6 Å². The van der Waals surface area contributed by atoms with E-state index in [9.17, 15) is 37.1 Å². The maximum atomic E-state index is 14.7. The highest BCUT2D eigenvalue weighted by atomic mass is 19.2. The van der Waals surface area contributed by atoms with Crippen LogP contribution < -0.4 is 26.0 Å². The van der Waals surface area contributed by atoms with E-state index >= 15 is 0 Å². The fraction of sp³-hybridized carbons (Fsp3) is 0.433. The van der Waals surface area contributed by atoms with Crippen LogP contribution in [0.1, 0.15) is 56.6 Å². The number of rotatable bonds is 6. The summed E-state index contributed by atoms with van der Waals surface area (Å²) in [4.78, 5) is 64.8. The number of carbonyl (C=O) groups is 5. The van der Waals surface area contributed by atoms with Gasteiger partial charge in [0, 0.05) is 17.7 Å². The van der Waals surface area contributed by atoms with Crippen molar-refractivity contribution in [2.24, 2.45) is 11.8 Å². The Kier molecular flexibility index (Phi) is 8.97. The first-order valence-corrected chi connectivity index (χ1v) is 14.2. The summed E-state index contributed by atoms with van der Waals surface area (Å²) in [5.74, 6) is -9.83. The second-order valence-electron chi connectivity index (χ2n) is 11.2. The molecular formula is C30H31F3N4O6. The van der Waals surface area contributed by atoms with Crippen molar-refractivity contribution >= 4 is 35.1 Å². The fourth-order valence-electron chi connectivity index (χ4n) is 6.00. The Morgan fingerprint density at radius 1 is 0.977 bits per heavy atom. The molecule has 10 nitrogen and oxygen atoms in total. The number of carbonyl (C=O) groups excluding carboxylic acids is 5. The average molecular weight is 601 g/mol. The van der Waals surface area contributed by atoms with Crippen molar-refractivity contribution in [3.63, 3.8) is 0 Å². The lowest BCUT2D eigenvalue weighted by Gasteiger charge is -2.26. The second-order valence-corrected chi connectivity index (χ2v) is 11.2. The molecule has 1 unspecified atom stereocenters. The molecule has 3 aliphatic rings. The molecule has 2 aliphatic heterocycles. The van der Waals surface area contributed by atoms with Crippen molar-refractivity contribution in [3.05, 3.63) is 59.4 Å². The summed E-state index contributed by atoms with van der Waals surface area (Å²) in [5, 5.41) is 10.1. The molecule has 4 amide bonds. The van der Waals surface area contributed by atoms with Gasteiger partial charge in [0.25, 0.3) is 0 Å². The molecule has 2 fully saturated rings. The lowest BCUT2D eigenvalue weighted by molar-refractivity contribution is -0.138. The van der Waals surface area contributed by atoms with E-state index in [1.54, 1.807) is 30.3 Å². The van der Waals surface area contributed by atoms with E-state index in [2.05, 4.69) is 21.3 Å². The number of halogens is 3. The number of fused-ring (bicyclic) bond motifs is 4. The number of hydrogen-bond donors (Lipinski definition) is 4.